The molecule has 1 heterocycles. The van der Waals surface area contributed by atoms with Gasteiger partial charge in [-0.1, -0.05) is 13.8 Å². The van der Waals surface area contributed by atoms with Crippen LogP contribution in [-0.2, 0) is 4.74 Å². The molecule has 0 aromatic heterocycles. The van der Waals surface area contributed by atoms with Crippen LogP contribution in [0.1, 0.15) is 78.1 Å². The number of rotatable bonds is 5. The van der Waals surface area contributed by atoms with Gasteiger partial charge in [0.1, 0.15) is 0 Å². The van der Waals surface area contributed by atoms with Crippen molar-refractivity contribution in [1.29, 1.82) is 0 Å². The van der Waals surface area contributed by atoms with E-state index < -0.39 is 5.60 Å². The van der Waals surface area contributed by atoms with E-state index in [1.165, 1.54) is 25.7 Å². The predicted molar refractivity (Wildman–Crippen MR) is 127 cm³/mol. The zero-order chi connectivity index (χ0) is 22.4. The van der Waals surface area contributed by atoms with Crippen molar-refractivity contribution in [1.82, 2.24) is 10.7 Å². The summed E-state index contributed by atoms with van der Waals surface area (Å²) in [6, 6.07) is 0. The molecule has 32 heavy (non-hydrogen) atoms. The van der Waals surface area contributed by atoms with Crippen LogP contribution in [0.4, 0.5) is 0 Å². The molecule has 0 unspecified atom stereocenters. The van der Waals surface area contributed by atoms with Gasteiger partial charge in [0, 0.05) is 24.3 Å². The van der Waals surface area contributed by atoms with Gasteiger partial charge in [-0.2, -0.15) is 5.10 Å². The molecule has 0 radical (unpaired) electrons. The van der Waals surface area contributed by atoms with Gasteiger partial charge in [0.25, 0.3) is 0 Å². The van der Waals surface area contributed by atoms with Crippen molar-refractivity contribution in [2.24, 2.45) is 44.4 Å². The fraction of sp³-hybridized carbons (Fsp3) is 0.920. The minimum absolute atomic E-state index is 0.230. The van der Waals surface area contributed by atoms with E-state index in [2.05, 4.69) is 29.6 Å². The first-order valence-corrected chi connectivity index (χ1v) is 13.1. The van der Waals surface area contributed by atoms with Crippen LogP contribution in [0.5, 0.6) is 0 Å². The summed E-state index contributed by atoms with van der Waals surface area (Å²) in [6.07, 6.45) is 11.2. The molecule has 4 aliphatic carbocycles. The number of guanidine groups is 1. The topological polar surface area (TPSA) is 104 Å². The average Bonchev–Trinajstić information content (AvgIpc) is 3.39. The first-order valence-electron chi connectivity index (χ1n) is 13.1. The Hall–Kier alpha value is -1.18. The number of hydrazone groups is 1. The van der Waals surface area contributed by atoms with Crippen molar-refractivity contribution >= 4 is 11.7 Å². The van der Waals surface area contributed by atoms with Gasteiger partial charge in [-0.3, -0.25) is 0 Å². The third-order valence-corrected chi connectivity index (χ3v) is 10.2. The number of fused-ring (bicyclic) bond motifs is 5. The number of hydrogen-bond donors (Lipinski definition) is 4. The van der Waals surface area contributed by atoms with Gasteiger partial charge in [0.2, 0.25) is 5.96 Å². The van der Waals surface area contributed by atoms with E-state index in [-0.39, 0.29) is 5.41 Å². The lowest BCUT2D eigenvalue weighted by atomic mass is 9.44. The van der Waals surface area contributed by atoms with E-state index in [0.717, 1.165) is 75.8 Å². The van der Waals surface area contributed by atoms with Crippen molar-refractivity contribution in [2.45, 2.75) is 89.8 Å². The minimum Gasteiger partial charge on any atom is -0.389 e. The Morgan fingerprint density at radius 1 is 1.19 bits per heavy atom. The Morgan fingerprint density at radius 2 is 2.06 bits per heavy atom. The molecule has 7 nitrogen and oxygen atoms in total. The Bertz CT molecular complexity index is 771. The molecular formula is C25H43N5O2. The zero-order valence-electron chi connectivity index (χ0n) is 20.0. The monoisotopic (exact) mass is 445 g/mol. The van der Waals surface area contributed by atoms with Crippen LogP contribution in [0, 0.1) is 28.6 Å². The summed E-state index contributed by atoms with van der Waals surface area (Å²) < 4.78 is 6.17. The van der Waals surface area contributed by atoms with Crippen LogP contribution in [0.3, 0.4) is 0 Å². The van der Waals surface area contributed by atoms with E-state index in [1.54, 1.807) is 0 Å². The second-order valence-corrected chi connectivity index (χ2v) is 11.5. The molecule has 4 saturated carbocycles. The number of aliphatic imine (C=N–C) groups is 1. The van der Waals surface area contributed by atoms with Crippen LogP contribution in [0.15, 0.2) is 10.1 Å². The predicted octanol–water partition coefficient (Wildman–Crippen LogP) is 2.78. The standard InChI is InChI=1S/C25H43N5O2/c1-23-9-6-18(32-15-3-12-26)16-17(23)4-5-20-19(23)7-10-24(2)21(8-11-25(20,24)31)29-30-22-27-13-14-28-22/h17-20,31H,3-16,26H2,1-2H3,(H2,27,28,30)/b29-21+/t17-,18+,19+,20-,23+,24-,25+/m1/s1. The van der Waals surface area contributed by atoms with Crippen molar-refractivity contribution in [3.8, 4) is 0 Å². The van der Waals surface area contributed by atoms with E-state index in [0.29, 0.717) is 29.9 Å². The SMILES string of the molecule is C[C@]12CC[C@H](OCCCN)C[C@H]1CC[C@@H]1[C@@H]2CC[C@]2(C)/C(=N/NC3=NCCN3)CC[C@]12O. The van der Waals surface area contributed by atoms with E-state index in [9.17, 15) is 5.11 Å². The van der Waals surface area contributed by atoms with Gasteiger partial charge < -0.3 is 20.9 Å². The largest absolute Gasteiger partial charge is 0.389 e. The Kier molecular flexibility index (Phi) is 6.04. The number of nitrogens with zero attached hydrogens (tertiary/aromatic N) is 2. The van der Waals surface area contributed by atoms with Gasteiger partial charge >= 0.3 is 0 Å². The quantitative estimate of drug-likeness (QED) is 0.385. The van der Waals surface area contributed by atoms with Crippen LogP contribution in [0.25, 0.3) is 0 Å². The maximum atomic E-state index is 12.2. The molecule has 1 aliphatic heterocycles. The highest BCUT2D eigenvalue weighted by molar-refractivity contribution is 5.95. The van der Waals surface area contributed by atoms with Gasteiger partial charge in [0.15, 0.2) is 0 Å². The molecule has 5 aliphatic rings. The molecule has 0 aromatic carbocycles. The summed E-state index contributed by atoms with van der Waals surface area (Å²) >= 11 is 0. The summed E-state index contributed by atoms with van der Waals surface area (Å²) in [4.78, 5) is 4.40. The maximum Gasteiger partial charge on any atom is 0.212 e. The van der Waals surface area contributed by atoms with Crippen molar-refractivity contribution < 1.29 is 9.84 Å². The number of nitrogens with two attached hydrogens (primary N) is 1. The Balaban J connectivity index is 1.31. The number of aliphatic hydroxyl groups is 1. The molecule has 7 heteroatoms. The summed E-state index contributed by atoms with van der Waals surface area (Å²) in [6.45, 7) is 7.99. The molecular weight excluding hydrogens is 402 g/mol. The molecule has 0 aromatic rings. The fourth-order valence-electron chi connectivity index (χ4n) is 8.23. The molecule has 4 fully saturated rings. The third kappa shape index (κ3) is 3.50. The average molecular weight is 446 g/mol. The second-order valence-electron chi connectivity index (χ2n) is 11.5. The highest BCUT2D eigenvalue weighted by Crippen LogP contribution is 2.67. The summed E-state index contributed by atoms with van der Waals surface area (Å²) in [5, 5.41) is 20.2. The van der Waals surface area contributed by atoms with Crippen LogP contribution >= 0.6 is 0 Å². The van der Waals surface area contributed by atoms with Crippen molar-refractivity contribution in [3.63, 3.8) is 0 Å². The molecule has 5 rings (SSSR count). The lowest BCUT2D eigenvalue weighted by Gasteiger charge is -2.63. The molecule has 0 amide bonds. The molecule has 0 saturated heterocycles. The van der Waals surface area contributed by atoms with Gasteiger partial charge in [-0.15, -0.1) is 0 Å². The van der Waals surface area contributed by atoms with Crippen molar-refractivity contribution in [2.75, 3.05) is 26.2 Å². The van der Waals surface area contributed by atoms with E-state index in [1.807, 2.05) is 0 Å². The zero-order valence-corrected chi connectivity index (χ0v) is 20.0. The number of hydrogen-bond acceptors (Lipinski definition) is 7. The highest BCUT2D eigenvalue weighted by atomic mass is 16.5. The molecule has 180 valence electrons. The maximum absolute atomic E-state index is 12.2. The lowest BCUT2D eigenvalue weighted by Crippen LogP contribution is -2.62. The molecule has 0 bridgehead atoms. The van der Waals surface area contributed by atoms with Gasteiger partial charge in [-0.05, 0) is 93.9 Å². The normalized spacial score (nSPS) is 46.8. The minimum atomic E-state index is -0.635. The first-order chi connectivity index (χ1) is 15.4. The lowest BCUT2D eigenvalue weighted by molar-refractivity contribution is -0.193. The molecule has 7 atom stereocenters. The highest BCUT2D eigenvalue weighted by Gasteiger charge is 2.66. The number of nitrogens with one attached hydrogen (secondary N) is 2. The van der Waals surface area contributed by atoms with E-state index in [4.69, 9.17) is 15.6 Å². The third-order valence-electron chi connectivity index (χ3n) is 10.2. The fourth-order valence-corrected chi connectivity index (χ4v) is 8.23. The summed E-state index contributed by atoms with van der Waals surface area (Å²) in [5.74, 6) is 2.48. The summed E-state index contributed by atoms with van der Waals surface area (Å²) in [7, 11) is 0. The van der Waals surface area contributed by atoms with Crippen LogP contribution in [-0.4, -0.2) is 54.7 Å². The second kappa shape index (κ2) is 8.55. The Labute approximate surface area is 193 Å². The van der Waals surface area contributed by atoms with E-state index >= 15 is 0 Å². The Morgan fingerprint density at radius 3 is 2.84 bits per heavy atom. The van der Waals surface area contributed by atoms with Crippen LogP contribution < -0.4 is 16.5 Å². The van der Waals surface area contributed by atoms with Gasteiger partial charge in [0.05, 0.1) is 18.2 Å². The van der Waals surface area contributed by atoms with Gasteiger partial charge in [-0.25, -0.2) is 10.4 Å². The van der Waals surface area contributed by atoms with Crippen LogP contribution in [0.2, 0.25) is 0 Å². The molecule has 5 N–H and O–H groups in total. The smallest absolute Gasteiger partial charge is 0.212 e. The van der Waals surface area contributed by atoms with Crippen molar-refractivity contribution in [3.05, 3.63) is 0 Å². The first kappa shape index (κ1) is 22.6. The molecule has 0 spiro atoms. The summed E-state index contributed by atoms with van der Waals surface area (Å²) in [5.41, 5.74) is 9.39. The number of ether oxygens (including phenoxy) is 1.